The van der Waals surface area contributed by atoms with E-state index in [0.29, 0.717) is 18.9 Å². The Balaban J connectivity index is 1.80. The van der Waals surface area contributed by atoms with Gasteiger partial charge in [0.2, 0.25) is 5.91 Å². The van der Waals surface area contributed by atoms with Crippen LogP contribution in [0.1, 0.15) is 57.1 Å². The summed E-state index contributed by atoms with van der Waals surface area (Å²) < 4.78 is 8.05. The molecule has 2 aromatic carbocycles. The minimum Gasteiger partial charge on any atom is -0.494 e. The molecule has 5 nitrogen and oxygen atoms in total. The number of amides is 1. The lowest BCUT2D eigenvalue weighted by Crippen LogP contribution is -2.23. The lowest BCUT2D eigenvalue weighted by Gasteiger charge is -2.17. The number of fused-ring (bicyclic) bond motifs is 1. The average molecular weight is 406 g/mol. The van der Waals surface area contributed by atoms with Crippen LogP contribution in [0.15, 0.2) is 36.4 Å². The molecule has 0 N–H and O–H groups in total. The number of rotatable bonds is 7. The van der Waals surface area contributed by atoms with Gasteiger partial charge in [-0.2, -0.15) is 0 Å². The summed E-state index contributed by atoms with van der Waals surface area (Å²) in [6.45, 7) is 8.91. The summed E-state index contributed by atoms with van der Waals surface area (Å²) in [5, 5.41) is 0. The molecule has 0 unspecified atom stereocenters. The fourth-order valence-electron chi connectivity index (χ4n) is 4.30. The number of aryl methyl sites for hydroxylation is 1. The van der Waals surface area contributed by atoms with Crippen LogP contribution in [0.3, 0.4) is 0 Å². The number of carbonyl (C=O) groups is 1. The molecule has 1 saturated heterocycles. The van der Waals surface area contributed by atoms with Gasteiger partial charge in [-0.25, -0.2) is 4.98 Å². The topological polar surface area (TPSA) is 47.4 Å². The van der Waals surface area contributed by atoms with Crippen molar-refractivity contribution in [3.05, 3.63) is 47.5 Å². The third-order valence-corrected chi connectivity index (χ3v) is 5.91. The van der Waals surface area contributed by atoms with E-state index in [0.717, 1.165) is 59.7 Å². The van der Waals surface area contributed by atoms with E-state index in [1.807, 2.05) is 4.90 Å². The number of hydrogen-bond acceptors (Lipinski definition) is 3. The molecule has 0 aliphatic carbocycles. The van der Waals surface area contributed by atoms with Crippen molar-refractivity contribution < 1.29 is 9.53 Å². The zero-order chi connectivity index (χ0) is 21.3. The lowest BCUT2D eigenvalue weighted by molar-refractivity contribution is -0.128. The fraction of sp³-hybridized carbons (Fsp3) is 0.440. The highest BCUT2D eigenvalue weighted by Crippen LogP contribution is 2.34. The Hall–Kier alpha value is -2.82. The van der Waals surface area contributed by atoms with Gasteiger partial charge < -0.3 is 14.2 Å². The van der Waals surface area contributed by atoms with Crippen LogP contribution in [0, 0.1) is 0 Å². The van der Waals surface area contributed by atoms with Crippen LogP contribution in [-0.4, -0.2) is 34.0 Å². The molecular weight excluding hydrogens is 374 g/mol. The Bertz CT molecular complexity index is 1050. The van der Waals surface area contributed by atoms with Gasteiger partial charge in [-0.15, -0.1) is 0 Å². The van der Waals surface area contributed by atoms with Gasteiger partial charge in [0.1, 0.15) is 17.1 Å². The van der Waals surface area contributed by atoms with E-state index in [1.165, 1.54) is 5.56 Å². The quantitative estimate of drug-likeness (QED) is 0.531. The van der Waals surface area contributed by atoms with Crippen LogP contribution < -0.4 is 4.74 Å². The molecule has 1 aromatic heterocycles. The largest absolute Gasteiger partial charge is 0.494 e. The summed E-state index contributed by atoms with van der Waals surface area (Å²) in [7, 11) is 1.71. The van der Waals surface area contributed by atoms with Crippen molar-refractivity contribution in [2.45, 2.75) is 59.0 Å². The van der Waals surface area contributed by atoms with Gasteiger partial charge >= 0.3 is 0 Å². The van der Waals surface area contributed by atoms with E-state index < -0.39 is 0 Å². The molecule has 1 aliphatic heterocycles. The van der Waals surface area contributed by atoms with Gasteiger partial charge in [-0.05, 0) is 42.0 Å². The highest BCUT2D eigenvalue weighted by Gasteiger charge is 2.22. The average Bonchev–Trinajstić information content (AvgIpc) is 3.31. The van der Waals surface area contributed by atoms with E-state index in [-0.39, 0.29) is 5.91 Å². The minimum atomic E-state index is 0.233. The number of hydrogen-bond donors (Lipinski definition) is 0. The standard InChI is InChI=1S/C25H31N3O2/c1-5-12-28-24-21(26-25(28)20-10-8-19(9-11-20)17(2)3)14-18(15-22(24)30-4)16-27-13-6-7-23(27)29/h8-11,14-15,17H,5-7,12-13,16H2,1-4H3. The number of likely N-dealkylation sites (tertiary alicyclic amines) is 1. The van der Waals surface area contributed by atoms with E-state index >= 15 is 0 Å². The predicted molar refractivity (Wildman–Crippen MR) is 121 cm³/mol. The summed E-state index contributed by atoms with van der Waals surface area (Å²) in [4.78, 5) is 19.0. The third kappa shape index (κ3) is 3.81. The maximum atomic E-state index is 12.1. The summed E-state index contributed by atoms with van der Waals surface area (Å²) in [6, 6.07) is 12.9. The van der Waals surface area contributed by atoms with Gasteiger partial charge in [-0.1, -0.05) is 45.0 Å². The van der Waals surface area contributed by atoms with Crippen molar-refractivity contribution in [1.82, 2.24) is 14.5 Å². The number of imidazole rings is 1. The molecule has 0 bridgehead atoms. The monoisotopic (exact) mass is 405 g/mol. The highest BCUT2D eigenvalue weighted by atomic mass is 16.5. The van der Waals surface area contributed by atoms with E-state index in [2.05, 4.69) is 61.7 Å². The first-order chi connectivity index (χ1) is 14.5. The van der Waals surface area contributed by atoms with Crippen molar-refractivity contribution in [1.29, 1.82) is 0 Å². The second-order valence-electron chi connectivity index (χ2n) is 8.45. The number of carbonyl (C=O) groups excluding carboxylic acids is 1. The normalized spacial score (nSPS) is 14.3. The van der Waals surface area contributed by atoms with Gasteiger partial charge in [0.15, 0.2) is 0 Å². The van der Waals surface area contributed by atoms with Gasteiger partial charge in [0.25, 0.3) is 0 Å². The lowest BCUT2D eigenvalue weighted by atomic mass is 10.0. The summed E-state index contributed by atoms with van der Waals surface area (Å²) in [5.74, 6) is 2.52. The molecule has 3 aromatic rings. The third-order valence-electron chi connectivity index (χ3n) is 5.91. The highest BCUT2D eigenvalue weighted by molar-refractivity contribution is 5.87. The van der Waals surface area contributed by atoms with E-state index in [9.17, 15) is 4.79 Å². The second kappa shape index (κ2) is 8.50. The van der Waals surface area contributed by atoms with E-state index in [4.69, 9.17) is 9.72 Å². The van der Waals surface area contributed by atoms with Crippen LogP contribution in [0.5, 0.6) is 5.75 Å². The first kappa shape index (κ1) is 20.5. The number of methoxy groups -OCH3 is 1. The SMILES string of the molecule is CCCn1c(-c2ccc(C(C)C)cc2)nc2cc(CN3CCCC3=O)cc(OC)c21. The number of nitrogens with zero attached hydrogens (tertiary/aromatic N) is 3. The Kier molecular flexibility index (Phi) is 5.80. The molecule has 158 valence electrons. The van der Waals surface area contributed by atoms with Crippen LogP contribution in [0.2, 0.25) is 0 Å². The molecule has 5 heteroatoms. The zero-order valence-corrected chi connectivity index (χ0v) is 18.4. The second-order valence-corrected chi connectivity index (χ2v) is 8.45. The number of ether oxygens (including phenoxy) is 1. The fourth-order valence-corrected chi connectivity index (χ4v) is 4.30. The van der Waals surface area contributed by atoms with Crippen molar-refractivity contribution >= 4 is 16.9 Å². The van der Waals surface area contributed by atoms with Gasteiger partial charge in [0, 0.05) is 31.6 Å². The van der Waals surface area contributed by atoms with Crippen molar-refractivity contribution in [2.24, 2.45) is 0 Å². The van der Waals surface area contributed by atoms with Crippen molar-refractivity contribution in [3.8, 4) is 17.1 Å². The van der Waals surface area contributed by atoms with Crippen LogP contribution in [-0.2, 0) is 17.9 Å². The molecule has 4 rings (SSSR count). The van der Waals surface area contributed by atoms with Gasteiger partial charge in [0.05, 0.1) is 12.6 Å². The molecule has 1 amide bonds. The first-order valence-electron chi connectivity index (χ1n) is 11.0. The van der Waals surface area contributed by atoms with Gasteiger partial charge in [-0.3, -0.25) is 4.79 Å². The van der Waals surface area contributed by atoms with Crippen molar-refractivity contribution in [2.75, 3.05) is 13.7 Å². The number of benzene rings is 2. The summed E-state index contributed by atoms with van der Waals surface area (Å²) in [6.07, 6.45) is 2.61. The molecule has 2 heterocycles. The minimum absolute atomic E-state index is 0.233. The van der Waals surface area contributed by atoms with Crippen LogP contribution in [0.4, 0.5) is 0 Å². The first-order valence-corrected chi connectivity index (χ1v) is 11.0. The molecule has 30 heavy (non-hydrogen) atoms. The smallest absolute Gasteiger partial charge is 0.222 e. The van der Waals surface area contributed by atoms with E-state index in [1.54, 1.807) is 7.11 Å². The maximum absolute atomic E-state index is 12.1. The molecule has 0 radical (unpaired) electrons. The Morgan fingerprint density at radius 2 is 1.93 bits per heavy atom. The Morgan fingerprint density at radius 3 is 2.53 bits per heavy atom. The predicted octanol–water partition coefficient (Wildman–Crippen LogP) is 5.37. The summed E-state index contributed by atoms with van der Waals surface area (Å²) >= 11 is 0. The van der Waals surface area contributed by atoms with Crippen LogP contribution >= 0.6 is 0 Å². The molecular formula is C25H31N3O2. The van der Waals surface area contributed by atoms with Crippen LogP contribution in [0.25, 0.3) is 22.4 Å². The molecule has 1 aliphatic rings. The maximum Gasteiger partial charge on any atom is 0.222 e. The molecule has 1 fully saturated rings. The number of aromatic nitrogens is 2. The summed E-state index contributed by atoms with van der Waals surface area (Å²) in [5.41, 5.74) is 5.46. The van der Waals surface area contributed by atoms with Crippen molar-refractivity contribution in [3.63, 3.8) is 0 Å². The Labute approximate surface area is 178 Å². The molecule has 0 saturated carbocycles. The zero-order valence-electron chi connectivity index (χ0n) is 18.4. The molecule has 0 atom stereocenters. The molecule has 0 spiro atoms. The Morgan fingerprint density at radius 1 is 1.17 bits per heavy atom.